The molecule has 4 nitrogen and oxygen atoms in total. The Morgan fingerprint density at radius 3 is 1.79 bits per heavy atom. The first kappa shape index (κ1) is 15.7. The number of rotatable bonds is 2. The molecule has 0 saturated carbocycles. The van der Waals surface area contributed by atoms with Crippen LogP contribution in [-0.2, 0) is 5.60 Å². The van der Waals surface area contributed by atoms with Crippen molar-refractivity contribution in [3.8, 4) is 0 Å². The molecule has 0 amide bonds. The smallest absolute Gasteiger partial charge is 0.423 e. The van der Waals surface area contributed by atoms with Crippen LogP contribution in [0.1, 0.15) is 5.56 Å². The third-order valence-electron chi connectivity index (χ3n) is 2.30. The van der Waals surface area contributed by atoms with Gasteiger partial charge in [-0.05, 0) is 0 Å². The first-order valence-electron chi connectivity index (χ1n) is 4.58. The van der Waals surface area contributed by atoms with Gasteiger partial charge in [-0.25, -0.2) is 0 Å². The molecule has 106 valence electrons. The number of alkyl halides is 6. The van der Waals surface area contributed by atoms with Gasteiger partial charge in [0.05, 0.1) is 0 Å². The zero-order valence-electron chi connectivity index (χ0n) is 8.87. The van der Waals surface area contributed by atoms with Gasteiger partial charge in [0.1, 0.15) is 0 Å². The molecule has 11 heteroatoms. The normalized spacial score (nSPS) is 13.5. The zero-order chi connectivity index (χ0) is 15.1. The number of aliphatic hydroxyl groups is 1. The fraction of sp³-hybridized carbons (Fsp3) is 0.375. The Balaban J connectivity index is 3.48. The molecule has 0 unspecified atom stereocenters. The van der Waals surface area contributed by atoms with Crippen molar-refractivity contribution >= 4 is 12.6 Å². The van der Waals surface area contributed by atoms with Crippen LogP contribution in [0.5, 0.6) is 0 Å². The van der Waals surface area contributed by atoms with Crippen molar-refractivity contribution in [3.05, 3.63) is 24.0 Å². The molecule has 1 rings (SSSR count). The Labute approximate surface area is 102 Å². The third kappa shape index (κ3) is 2.67. The van der Waals surface area contributed by atoms with E-state index in [0.29, 0.717) is 6.20 Å². The average molecular weight is 289 g/mol. The monoisotopic (exact) mass is 289 g/mol. The first-order chi connectivity index (χ1) is 8.41. The predicted octanol–water partition coefficient (Wildman–Crippen LogP) is 0.0736. The Kier molecular flexibility index (Phi) is 3.85. The minimum absolute atomic E-state index is 0.146. The standard InChI is InChI=1S/C8H6BF6NO3/c10-7(11,12)6(17,8(13,14)15)4-1-5(9(18)19)3-16-2-4/h1-3,17-19H. The highest BCUT2D eigenvalue weighted by Crippen LogP contribution is 2.49. The van der Waals surface area contributed by atoms with Gasteiger partial charge in [0.15, 0.2) is 0 Å². The molecule has 0 aliphatic carbocycles. The molecule has 0 radical (unpaired) electrons. The molecule has 3 N–H and O–H groups in total. The minimum atomic E-state index is -6.05. The van der Waals surface area contributed by atoms with Gasteiger partial charge in [-0.1, -0.05) is 6.07 Å². The van der Waals surface area contributed by atoms with Crippen molar-refractivity contribution in [3.63, 3.8) is 0 Å². The fourth-order valence-corrected chi connectivity index (χ4v) is 1.28. The van der Waals surface area contributed by atoms with Crippen molar-refractivity contribution in [2.45, 2.75) is 18.0 Å². The second-order valence-electron chi connectivity index (χ2n) is 3.59. The lowest BCUT2D eigenvalue weighted by Crippen LogP contribution is -2.54. The second-order valence-corrected chi connectivity index (χ2v) is 3.59. The summed E-state index contributed by atoms with van der Waals surface area (Å²) in [5.41, 5.74) is -7.51. The topological polar surface area (TPSA) is 73.6 Å². The van der Waals surface area contributed by atoms with Crippen molar-refractivity contribution in [2.75, 3.05) is 0 Å². The van der Waals surface area contributed by atoms with Crippen LogP contribution in [0.2, 0.25) is 0 Å². The van der Waals surface area contributed by atoms with E-state index in [1.165, 1.54) is 0 Å². The number of hydrogen-bond donors (Lipinski definition) is 3. The molecule has 0 aliphatic heterocycles. The maximum absolute atomic E-state index is 12.5. The minimum Gasteiger partial charge on any atom is -0.423 e. The highest BCUT2D eigenvalue weighted by atomic mass is 19.4. The van der Waals surface area contributed by atoms with E-state index in [2.05, 4.69) is 4.98 Å². The SMILES string of the molecule is OB(O)c1cncc(C(O)(C(F)(F)F)C(F)(F)F)c1. The third-order valence-corrected chi connectivity index (χ3v) is 2.30. The number of halogens is 6. The molecule has 0 fully saturated rings. The van der Waals surface area contributed by atoms with Gasteiger partial charge in [0, 0.05) is 23.4 Å². The largest absolute Gasteiger partial charge is 0.490 e. The summed E-state index contributed by atoms with van der Waals surface area (Å²) < 4.78 is 75.0. The molecular formula is C8H6BF6NO3. The number of aromatic nitrogens is 1. The van der Waals surface area contributed by atoms with Crippen LogP contribution in [0, 0.1) is 0 Å². The Morgan fingerprint density at radius 1 is 0.947 bits per heavy atom. The average Bonchev–Trinajstić information content (AvgIpc) is 2.25. The summed E-state index contributed by atoms with van der Waals surface area (Å²) in [5, 5.41) is 26.4. The molecule has 0 spiro atoms. The van der Waals surface area contributed by atoms with Crippen molar-refractivity contribution in [2.24, 2.45) is 0 Å². The Hall–Kier alpha value is -1.33. The van der Waals surface area contributed by atoms with Gasteiger partial charge in [-0.2, -0.15) is 26.3 Å². The van der Waals surface area contributed by atoms with Crippen LogP contribution in [0.25, 0.3) is 0 Å². The maximum atomic E-state index is 12.5. The molecule has 0 aliphatic rings. The van der Waals surface area contributed by atoms with Crippen molar-refractivity contribution in [1.82, 2.24) is 4.98 Å². The fourth-order valence-electron chi connectivity index (χ4n) is 1.28. The Morgan fingerprint density at radius 2 is 1.42 bits per heavy atom. The van der Waals surface area contributed by atoms with E-state index in [0.717, 1.165) is 0 Å². The molecular weight excluding hydrogens is 283 g/mol. The van der Waals surface area contributed by atoms with Crippen LogP contribution < -0.4 is 5.46 Å². The van der Waals surface area contributed by atoms with Crippen LogP contribution in [-0.4, -0.2) is 39.6 Å². The molecule has 19 heavy (non-hydrogen) atoms. The molecule has 0 bridgehead atoms. The van der Waals surface area contributed by atoms with E-state index in [1.54, 1.807) is 0 Å². The molecule has 1 heterocycles. The van der Waals surface area contributed by atoms with Gasteiger partial charge in [-0.15, -0.1) is 0 Å². The van der Waals surface area contributed by atoms with Crippen LogP contribution in [0.15, 0.2) is 18.5 Å². The van der Waals surface area contributed by atoms with Gasteiger partial charge in [0.2, 0.25) is 0 Å². The van der Waals surface area contributed by atoms with E-state index < -0.39 is 36.1 Å². The summed E-state index contributed by atoms with van der Waals surface area (Å²) in [7, 11) is -2.32. The van der Waals surface area contributed by atoms with Gasteiger partial charge >= 0.3 is 19.5 Å². The summed E-state index contributed by atoms with van der Waals surface area (Å²) in [5.74, 6) is 0. The first-order valence-corrected chi connectivity index (χ1v) is 4.58. The molecule has 0 aromatic carbocycles. The summed E-state index contributed by atoms with van der Waals surface area (Å²) >= 11 is 0. The summed E-state index contributed by atoms with van der Waals surface area (Å²) in [6.45, 7) is 0. The molecule has 0 atom stereocenters. The predicted molar refractivity (Wildman–Crippen MR) is 50.1 cm³/mol. The quantitative estimate of drug-likeness (QED) is 0.532. The van der Waals surface area contributed by atoms with Gasteiger partial charge < -0.3 is 15.2 Å². The highest BCUT2D eigenvalue weighted by Gasteiger charge is 2.71. The second kappa shape index (κ2) is 4.65. The lowest BCUT2D eigenvalue weighted by molar-refractivity contribution is -0.376. The summed E-state index contributed by atoms with van der Waals surface area (Å²) in [4.78, 5) is 3.02. The van der Waals surface area contributed by atoms with E-state index in [4.69, 9.17) is 15.2 Å². The van der Waals surface area contributed by atoms with Crippen molar-refractivity contribution < 1.29 is 41.5 Å². The number of hydrogen-bond acceptors (Lipinski definition) is 4. The van der Waals surface area contributed by atoms with Gasteiger partial charge in [-0.3, -0.25) is 4.98 Å². The van der Waals surface area contributed by atoms with Crippen LogP contribution in [0.4, 0.5) is 26.3 Å². The lowest BCUT2D eigenvalue weighted by Gasteiger charge is -2.32. The van der Waals surface area contributed by atoms with E-state index >= 15 is 0 Å². The zero-order valence-corrected chi connectivity index (χ0v) is 8.87. The molecule has 1 aromatic heterocycles. The highest BCUT2D eigenvalue weighted by molar-refractivity contribution is 6.58. The number of nitrogens with zero attached hydrogens (tertiary/aromatic N) is 1. The molecule has 0 saturated heterocycles. The van der Waals surface area contributed by atoms with Gasteiger partial charge in [0.25, 0.3) is 5.60 Å². The number of pyridine rings is 1. The lowest BCUT2D eigenvalue weighted by atomic mass is 9.79. The summed E-state index contributed by atoms with van der Waals surface area (Å²) in [6, 6.07) is 0.165. The van der Waals surface area contributed by atoms with Crippen LogP contribution >= 0.6 is 0 Å². The van der Waals surface area contributed by atoms with Crippen molar-refractivity contribution in [1.29, 1.82) is 0 Å². The maximum Gasteiger partial charge on any atom is 0.490 e. The van der Waals surface area contributed by atoms with E-state index in [-0.39, 0.29) is 12.3 Å². The summed E-state index contributed by atoms with van der Waals surface area (Å²) in [6.07, 6.45) is -11.3. The van der Waals surface area contributed by atoms with E-state index in [9.17, 15) is 26.3 Å². The van der Waals surface area contributed by atoms with E-state index in [1.807, 2.05) is 0 Å². The molecule has 1 aromatic rings. The van der Waals surface area contributed by atoms with Crippen LogP contribution in [0.3, 0.4) is 0 Å². The Bertz CT molecular complexity index is 447.